The Kier molecular flexibility index (Phi) is 3.82. The second-order valence-electron chi connectivity index (χ2n) is 5.18. The van der Waals surface area contributed by atoms with Crippen molar-refractivity contribution in [2.45, 2.75) is 19.4 Å². The van der Waals surface area contributed by atoms with Crippen LogP contribution >= 0.6 is 15.9 Å². The van der Waals surface area contributed by atoms with E-state index in [0.29, 0.717) is 29.8 Å². The van der Waals surface area contributed by atoms with Crippen molar-refractivity contribution in [3.8, 4) is 0 Å². The summed E-state index contributed by atoms with van der Waals surface area (Å²) in [4.78, 5) is 14.3. The van der Waals surface area contributed by atoms with E-state index in [0.717, 1.165) is 0 Å². The molecular formula is C13H16BrFN2O2. The molecule has 1 heterocycles. The minimum atomic E-state index is -0.537. The fourth-order valence-electron chi connectivity index (χ4n) is 2.11. The molecular weight excluding hydrogens is 315 g/mol. The van der Waals surface area contributed by atoms with E-state index in [9.17, 15) is 9.18 Å². The molecule has 0 aliphatic carbocycles. The van der Waals surface area contributed by atoms with Gasteiger partial charge >= 0.3 is 0 Å². The van der Waals surface area contributed by atoms with E-state index in [1.54, 1.807) is 4.90 Å². The van der Waals surface area contributed by atoms with Crippen molar-refractivity contribution >= 4 is 27.5 Å². The molecule has 0 unspecified atom stereocenters. The molecule has 1 aromatic rings. The second kappa shape index (κ2) is 5.09. The van der Waals surface area contributed by atoms with Gasteiger partial charge in [-0.25, -0.2) is 4.39 Å². The number of carbonyl (C=O) groups excluding carboxylic acids is 1. The van der Waals surface area contributed by atoms with Gasteiger partial charge in [-0.3, -0.25) is 4.79 Å². The van der Waals surface area contributed by atoms with Crippen LogP contribution in [-0.4, -0.2) is 36.1 Å². The summed E-state index contributed by atoms with van der Waals surface area (Å²) in [6, 6.07) is 2.59. The second-order valence-corrected chi connectivity index (χ2v) is 6.03. The fraction of sp³-hybridized carbons (Fsp3) is 0.462. The number of hydrogen-bond donors (Lipinski definition) is 1. The number of rotatable bonds is 1. The van der Waals surface area contributed by atoms with Crippen LogP contribution in [0.15, 0.2) is 16.6 Å². The van der Waals surface area contributed by atoms with Gasteiger partial charge in [-0.1, -0.05) is 0 Å². The molecule has 1 aromatic carbocycles. The number of ether oxygens (including phenoxy) is 1. The average Bonchev–Trinajstić information content (AvgIpc) is 2.32. The van der Waals surface area contributed by atoms with Gasteiger partial charge in [0.15, 0.2) is 0 Å². The first kappa shape index (κ1) is 14.3. The lowest BCUT2D eigenvalue weighted by atomic mass is 10.0. The van der Waals surface area contributed by atoms with Crippen molar-refractivity contribution in [1.29, 1.82) is 0 Å². The molecule has 1 amide bonds. The van der Waals surface area contributed by atoms with Crippen LogP contribution in [0.3, 0.4) is 0 Å². The number of carbonyl (C=O) groups is 1. The predicted molar refractivity (Wildman–Crippen MR) is 74.4 cm³/mol. The Hall–Kier alpha value is -1.14. The number of benzene rings is 1. The predicted octanol–water partition coefficient (Wildman–Crippen LogP) is 2.42. The third-order valence-electron chi connectivity index (χ3n) is 3.21. The molecule has 2 rings (SSSR count). The molecule has 1 aliphatic heterocycles. The largest absolute Gasteiger partial charge is 0.396 e. The molecule has 0 atom stereocenters. The third-order valence-corrected chi connectivity index (χ3v) is 3.86. The fourth-order valence-corrected chi connectivity index (χ4v) is 2.59. The van der Waals surface area contributed by atoms with Crippen LogP contribution in [-0.2, 0) is 4.74 Å². The standard InChI is InChI=1S/C13H16BrFN2O2/c1-13(2)7-19-4-3-17(13)12(18)8-5-11(16)10(15)6-9(8)14/h5-6H,3-4,7,16H2,1-2H3. The Morgan fingerprint density at radius 1 is 1.53 bits per heavy atom. The smallest absolute Gasteiger partial charge is 0.255 e. The van der Waals surface area contributed by atoms with E-state index in [1.165, 1.54) is 12.1 Å². The van der Waals surface area contributed by atoms with Gasteiger partial charge in [0, 0.05) is 11.0 Å². The highest BCUT2D eigenvalue weighted by Gasteiger charge is 2.35. The van der Waals surface area contributed by atoms with E-state index >= 15 is 0 Å². The van der Waals surface area contributed by atoms with Crippen molar-refractivity contribution in [1.82, 2.24) is 4.90 Å². The molecule has 1 aliphatic rings. The minimum Gasteiger partial charge on any atom is -0.396 e. The molecule has 19 heavy (non-hydrogen) atoms. The summed E-state index contributed by atoms with van der Waals surface area (Å²) in [5.41, 5.74) is 5.48. The van der Waals surface area contributed by atoms with E-state index in [1.807, 2.05) is 13.8 Å². The summed E-state index contributed by atoms with van der Waals surface area (Å²) in [6.45, 7) is 5.36. The van der Waals surface area contributed by atoms with Gasteiger partial charge in [-0.15, -0.1) is 0 Å². The lowest BCUT2D eigenvalue weighted by molar-refractivity contribution is -0.0371. The van der Waals surface area contributed by atoms with E-state index in [4.69, 9.17) is 10.5 Å². The average molecular weight is 331 g/mol. The van der Waals surface area contributed by atoms with Crippen molar-refractivity contribution in [2.24, 2.45) is 0 Å². The number of nitrogen functional groups attached to an aromatic ring is 1. The first-order chi connectivity index (χ1) is 8.83. The first-order valence-corrected chi connectivity index (χ1v) is 6.76. The van der Waals surface area contributed by atoms with Gasteiger partial charge in [-0.05, 0) is 41.9 Å². The summed E-state index contributed by atoms with van der Waals surface area (Å²) in [5.74, 6) is -0.712. The van der Waals surface area contributed by atoms with Crippen LogP contribution in [0, 0.1) is 5.82 Å². The van der Waals surface area contributed by atoms with Gasteiger partial charge in [0.25, 0.3) is 5.91 Å². The van der Waals surface area contributed by atoms with Gasteiger partial charge in [0.1, 0.15) is 5.82 Å². The number of amides is 1. The molecule has 6 heteroatoms. The third kappa shape index (κ3) is 2.74. The summed E-state index contributed by atoms with van der Waals surface area (Å²) in [7, 11) is 0. The maximum atomic E-state index is 13.3. The number of hydrogen-bond acceptors (Lipinski definition) is 3. The Labute approximate surface area is 119 Å². The number of morpholine rings is 1. The summed E-state index contributed by atoms with van der Waals surface area (Å²) >= 11 is 3.21. The Morgan fingerprint density at radius 3 is 2.84 bits per heavy atom. The highest BCUT2D eigenvalue weighted by atomic mass is 79.9. The number of halogens is 2. The lowest BCUT2D eigenvalue weighted by Gasteiger charge is -2.42. The highest BCUT2D eigenvalue weighted by Crippen LogP contribution is 2.28. The van der Waals surface area contributed by atoms with Gasteiger partial charge < -0.3 is 15.4 Å². The molecule has 0 bridgehead atoms. The Morgan fingerprint density at radius 2 is 2.21 bits per heavy atom. The molecule has 0 radical (unpaired) electrons. The van der Waals surface area contributed by atoms with Crippen molar-refractivity contribution in [2.75, 3.05) is 25.5 Å². The first-order valence-electron chi connectivity index (χ1n) is 5.97. The zero-order valence-electron chi connectivity index (χ0n) is 10.9. The number of anilines is 1. The molecule has 0 saturated carbocycles. The normalized spacial score (nSPS) is 18.4. The minimum absolute atomic E-state index is 0.0300. The van der Waals surface area contributed by atoms with Crippen LogP contribution in [0.4, 0.5) is 10.1 Å². The highest BCUT2D eigenvalue weighted by molar-refractivity contribution is 9.10. The molecule has 0 spiro atoms. The molecule has 1 fully saturated rings. The zero-order chi connectivity index (χ0) is 14.2. The SMILES string of the molecule is CC1(C)COCCN1C(=O)c1cc(N)c(F)cc1Br. The number of nitrogens with two attached hydrogens (primary N) is 1. The van der Waals surface area contributed by atoms with Crippen LogP contribution < -0.4 is 5.73 Å². The maximum absolute atomic E-state index is 13.3. The van der Waals surface area contributed by atoms with Crippen LogP contribution in [0.2, 0.25) is 0 Å². The molecule has 4 nitrogen and oxygen atoms in total. The van der Waals surface area contributed by atoms with Crippen molar-refractivity contribution in [3.63, 3.8) is 0 Å². The van der Waals surface area contributed by atoms with Gasteiger partial charge in [-0.2, -0.15) is 0 Å². The summed E-state index contributed by atoms with van der Waals surface area (Å²) < 4.78 is 19.1. The van der Waals surface area contributed by atoms with E-state index in [2.05, 4.69) is 15.9 Å². The Balaban J connectivity index is 2.36. The maximum Gasteiger partial charge on any atom is 0.255 e. The van der Waals surface area contributed by atoms with E-state index in [-0.39, 0.29) is 11.6 Å². The summed E-state index contributed by atoms with van der Waals surface area (Å²) in [5, 5.41) is 0. The molecule has 104 valence electrons. The molecule has 1 saturated heterocycles. The van der Waals surface area contributed by atoms with Gasteiger partial charge in [0.2, 0.25) is 0 Å². The topological polar surface area (TPSA) is 55.6 Å². The zero-order valence-corrected chi connectivity index (χ0v) is 12.5. The van der Waals surface area contributed by atoms with E-state index < -0.39 is 11.4 Å². The van der Waals surface area contributed by atoms with Gasteiger partial charge in [0.05, 0.1) is 30.0 Å². The van der Waals surface area contributed by atoms with Crippen molar-refractivity contribution in [3.05, 3.63) is 28.0 Å². The number of nitrogens with zero attached hydrogens (tertiary/aromatic N) is 1. The quantitative estimate of drug-likeness (QED) is 0.804. The Bertz CT molecular complexity index is 520. The summed E-state index contributed by atoms with van der Waals surface area (Å²) in [6.07, 6.45) is 0. The monoisotopic (exact) mass is 330 g/mol. The van der Waals surface area contributed by atoms with Crippen LogP contribution in [0.1, 0.15) is 24.2 Å². The van der Waals surface area contributed by atoms with Crippen LogP contribution in [0.5, 0.6) is 0 Å². The molecule has 2 N–H and O–H groups in total. The molecule has 0 aromatic heterocycles. The van der Waals surface area contributed by atoms with Crippen molar-refractivity contribution < 1.29 is 13.9 Å². The lowest BCUT2D eigenvalue weighted by Crippen LogP contribution is -2.55. The van der Waals surface area contributed by atoms with Crippen LogP contribution in [0.25, 0.3) is 0 Å².